The van der Waals surface area contributed by atoms with Crippen LogP contribution in [-0.4, -0.2) is 0 Å². The summed E-state index contributed by atoms with van der Waals surface area (Å²) in [7, 11) is 0. The van der Waals surface area contributed by atoms with Gasteiger partial charge in [-0.15, -0.1) is 0 Å². The molecule has 0 aliphatic heterocycles. The van der Waals surface area contributed by atoms with Gasteiger partial charge in [-0.3, -0.25) is 0 Å². The van der Waals surface area contributed by atoms with Crippen LogP contribution < -0.4 is 0 Å². The molecule has 0 aromatic carbocycles. The zero-order valence-corrected chi connectivity index (χ0v) is 22.1. The van der Waals surface area contributed by atoms with Crippen molar-refractivity contribution in [1.82, 2.24) is 0 Å². The summed E-state index contributed by atoms with van der Waals surface area (Å²) >= 11 is 0. The Kier molecular flexibility index (Phi) is 97600. The van der Waals surface area contributed by atoms with Crippen LogP contribution in [0.1, 0.15) is 0 Å². The van der Waals surface area contributed by atoms with Gasteiger partial charge in [0, 0.05) is 0 Å². The van der Waals surface area contributed by atoms with Gasteiger partial charge in [0.2, 0.25) is 0 Å². The molecular weight excluding hydrogens is 933 g/mol. The predicted molar refractivity (Wildman–Crippen MR) is 11.7 cm³/mol. The van der Waals surface area contributed by atoms with Crippen molar-refractivity contribution in [3.05, 3.63) is 0 Å². The zero-order chi connectivity index (χ0) is 0. The predicted octanol–water partition coefficient (Wildman–Crippen LogP) is -2.03. The van der Waals surface area contributed by atoms with Crippen molar-refractivity contribution in [2.45, 2.75) is 0 Å². The van der Waals surface area contributed by atoms with Gasteiger partial charge >= 0.3 is 121 Å². The summed E-state index contributed by atoms with van der Waals surface area (Å²) in [5, 5.41) is 0. The van der Waals surface area contributed by atoms with Gasteiger partial charge in [0.1, 0.15) is 0 Å². The maximum atomic E-state index is 0. The Morgan fingerprint density at radius 3 is 0.174 bits per heavy atom. The number of hydrogen-bond donors (Lipinski definition) is 0. The maximum absolute atomic E-state index is 0. The molecule has 0 atom stereocenters. The van der Waals surface area contributed by atoms with Gasteiger partial charge in [0.15, 0.2) is 0 Å². The fourth-order valence-corrected chi connectivity index (χ4v) is 0. The molecule has 0 N–H and O–H groups in total. The second kappa shape index (κ2) is 1410. The Morgan fingerprint density at radius 1 is 0.174 bits per heavy atom. The Morgan fingerprint density at radius 2 is 0.174 bits per heavy atom. The first kappa shape index (κ1) is 1590. The molecule has 23 heteroatoms. The van der Waals surface area contributed by atoms with Crippen molar-refractivity contribution in [3.8, 4) is 0 Å². The summed E-state index contributed by atoms with van der Waals surface area (Å²) in [5.74, 6) is 0. The molecule has 0 rings (SSSR count). The zero-order valence-electron chi connectivity index (χ0n) is 9.47. The Labute approximate surface area is 212 Å². The van der Waals surface area contributed by atoms with E-state index >= 15 is 0 Å². The van der Waals surface area contributed by atoms with Crippen molar-refractivity contribution in [2.24, 2.45) is 0 Å². The second-order valence-corrected chi connectivity index (χ2v) is 0. The normalized spacial score (nSPS) is 0. The molecule has 17 nitrogen and oxygen atoms in total. The molecule has 0 amide bonds. The van der Waals surface area contributed by atoms with Gasteiger partial charge in [-0.2, -0.15) is 0 Å². The topological polar surface area (TPSA) is 484 Å². The fraction of sp³-hybridized carbons (Fsp3) is 0. The summed E-state index contributed by atoms with van der Waals surface area (Å²) < 4.78 is 0. The van der Waals surface area contributed by atoms with Crippen molar-refractivity contribution >= 4 is 0 Å². The van der Waals surface area contributed by atoms with Crippen LogP contribution in [-0.2, 0) is 214 Å². The Hall–Kier alpha value is 3.24. The van der Waals surface area contributed by atoms with Gasteiger partial charge < -0.3 is 93.1 Å². The molecule has 0 aliphatic rings. The SMILES string of the molecule is [Mo+6].[Mo+6].[O-2].[O-2].[O-2].[O-2].[O-2].[O-2].[O-2].[O-2].[O-2].[O-2].[O-2].[O-2].[O-2].[O-2].[O-2].[O-2].[O-2].[V+5].[V+5].[W+6].[W+6]. The molecule has 0 spiro atoms. The third kappa shape index (κ3) is 1300. The standard InChI is InChI=1S/2Mo.17O.2V.2W/q2*+6;17*-2;2*+5;2*+6. The molecule has 0 saturated heterocycles. The summed E-state index contributed by atoms with van der Waals surface area (Å²) in [4.78, 5) is 0. The molecule has 0 aromatic heterocycles. The summed E-state index contributed by atoms with van der Waals surface area (Å²) in [6.45, 7) is 0. The van der Waals surface area contributed by atoms with Crippen molar-refractivity contribution in [2.75, 3.05) is 0 Å². The first-order chi connectivity index (χ1) is 0. The third-order valence-electron chi connectivity index (χ3n) is 0. The molecule has 136 valence electrons. The van der Waals surface area contributed by atoms with Crippen LogP contribution in [0.15, 0.2) is 0 Å². The van der Waals surface area contributed by atoms with E-state index in [0.29, 0.717) is 0 Å². The van der Waals surface area contributed by atoms with Crippen LogP contribution in [0.3, 0.4) is 0 Å². The van der Waals surface area contributed by atoms with Crippen LogP contribution >= 0.6 is 0 Å². The smallest absolute Gasteiger partial charge is 2.00 e. The van der Waals surface area contributed by atoms with Gasteiger partial charge in [-0.25, -0.2) is 0 Å². The molecule has 0 bridgehead atoms. The van der Waals surface area contributed by atoms with E-state index in [9.17, 15) is 0 Å². The molecule has 0 heterocycles. The summed E-state index contributed by atoms with van der Waals surface area (Å²) in [6.07, 6.45) is 0. The van der Waals surface area contributed by atoms with Crippen molar-refractivity contribution < 1.29 is 214 Å². The van der Waals surface area contributed by atoms with Crippen molar-refractivity contribution in [3.63, 3.8) is 0 Å². The van der Waals surface area contributed by atoms with Crippen LogP contribution in [0.25, 0.3) is 0 Å². The third-order valence-corrected chi connectivity index (χ3v) is 0. The summed E-state index contributed by atoms with van der Waals surface area (Å²) in [5.41, 5.74) is 0. The molecule has 23 heavy (non-hydrogen) atoms. The van der Waals surface area contributed by atoms with E-state index in [4.69, 9.17) is 0 Å². The van der Waals surface area contributed by atoms with Crippen LogP contribution in [0.4, 0.5) is 0 Å². The van der Waals surface area contributed by atoms with E-state index in [1.165, 1.54) is 0 Å². The quantitative estimate of drug-likeness (QED) is 0.237. The van der Waals surface area contributed by atoms with Crippen molar-refractivity contribution in [1.29, 1.82) is 0 Å². The van der Waals surface area contributed by atoms with Gasteiger partial charge in [-0.1, -0.05) is 0 Å². The van der Waals surface area contributed by atoms with E-state index < -0.39 is 0 Å². The van der Waals surface area contributed by atoms with E-state index in [-0.39, 0.29) is 214 Å². The average molecular weight is 933 g/mol. The van der Waals surface area contributed by atoms with Gasteiger partial charge in [0.05, 0.1) is 0 Å². The minimum atomic E-state index is 0. The van der Waals surface area contributed by atoms with Gasteiger partial charge in [-0.05, 0) is 0 Å². The number of hydrogen-bond acceptors (Lipinski definition) is 0. The van der Waals surface area contributed by atoms with Gasteiger partial charge in [0.25, 0.3) is 0 Å². The van der Waals surface area contributed by atoms with Crippen LogP contribution in [0.2, 0.25) is 0 Å². The molecule has 0 aliphatic carbocycles. The van der Waals surface area contributed by atoms with E-state index in [1.54, 1.807) is 0 Å². The fourth-order valence-electron chi connectivity index (χ4n) is 0. The molecule has 0 aromatic rings. The Bertz CT molecular complexity index is 28.6. The minimum Gasteiger partial charge on any atom is -2.00 e. The minimum absolute atomic E-state index is 0. The first-order valence-electron chi connectivity index (χ1n) is 0. The van der Waals surface area contributed by atoms with E-state index in [1.807, 2.05) is 0 Å². The monoisotopic (exact) mass is 938 g/mol. The first-order valence-corrected chi connectivity index (χ1v) is 0. The van der Waals surface area contributed by atoms with E-state index in [0.717, 1.165) is 0 Å². The molecule has 0 saturated carbocycles. The largest absolute Gasteiger partial charge is 6.00 e. The molecule has 0 fully saturated rings. The average Bonchev–Trinajstić information content (AvgIpc) is 0. The molecular formula is Mo2O17V2W2. The van der Waals surface area contributed by atoms with Crippen LogP contribution in [0, 0.1) is 0 Å². The van der Waals surface area contributed by atoms with E-state index in [2.05, 4.69) is 0 Å². The summed E-state index contributed by atoms with van der Waals surface area (Å²) in [6, 6.07) is 0. The Balaban J connectivity index is 0. The molecule has 0 radical (unpaired) electrons. The number of rotatable bonds is 0. The van der Waals surface area contributed by atoms with Crippen LogP contribution in [0.5, 0.6) is 0 Å². The molecule has 0 unspecified atom stereocenters. The maximum Gasteiger partial charge on any atom is 6.00 e. The second-order valence-electron chi connectivity index (χ2n) is 0.